The zero-order valence-corrected chi connectivity index (χ0v) is 15.6. The van der Waals surface area contributed by atoms with E-state index < -0.39 is 0 Å². The van der Waals surface area contributed by atoms with E-state index in [4.69, 9.17) is 4.74 Å². The van der Waals surface area contributed by atoms with Crippen molar-refractivity contribution < 1.29 is 4.74 Å². The topological polar surface area (TPSA) is 54.4 Å². The van der Waals surface area contributed by atoms with Gasteiger partial charge in [0.25, 0.3) is 0 Å². The number of benzene rings is 1. The van der Waals surface area contributed by atoms with Crippen molar-refractivity contribution in [2.75, 3.05) is 20.7 Å². The zero-order chi connectivity index (χ0) is 17.8. The van der Waals surface area contributed by atoms with Gasteiger partial charge < -0.3 is 9.64 Å². The first-order chi connectivity index (χ1) is 12.1. The summed E-state index contributed by atoms with van der Waals surface area (Å²) in [4.78, 5) is 2.37. The van der Waals surface area contributed by atoms with Gasteiger partial charge in [0.15, 0.2) is 0 Å². The van der Waals surface area contributed by atoms with E-state index in [1.165, 1.54) is 12.0 Å². The number of rotatable bonds is 7. The van der Waals surface area contributed by atoms with Crippen LogP contribution in [-0.2, 0) is 6.54 Å². The largest absolute Gasteiger partial charge is 0.497 e. The number of ether oxygens (including phenoxy) is 1. The Morgan fingerprint density at radius 1 is 1.24 bits per heavy atom. The summed E-state index contributed by atoms with van der Waals surface area (Å²) < 4.78 is 7.19. The van der Waals surface area contributed by atoms with Crippen molar-refractivity contribution in [3.63, 3.8) is 0 Å². The van der Waals surface area contributed by atoms with Crippen LogP contribution in [0.5, 0.6) is 5.75 Å². The summed E-state index contributed by atoms with van der Waals surface area (Å²) in [5.41, 5.74) is 8.89. The van der Waals surface area contributed by atoms with Gasteiger partial charge in [-0.2, -0.15) is 5.10 Å². The molecule has 0 bridgehead atoms. The smallest absolute Gasteiger partial charge is 0.121 e. The van der Waals surface area contributed by atoms with Crippen molar-refractivity contribution in [1.82, 2.24) is 25.5 Å². The highest BCUT2D eigenvalue weighted by atomic mass is 16.5. The number of methoxy groups -OCH3 is 1. The molecule has 2 atom stereocenters. The van der Waals surface area contributed by atoms with Crippen LogP contribution in [0.25, 0.3) is 5.69 Å². The number of nitrogens with one attached hydrogen (secondary N) is 2. The quantitative estimate of drug-likeness (QED) is 0.807. The number of aromatic nitrogens is 2. The molecule has 2 aromatic rings. The number of hydrogen-bond acceptors (Lipinski definition) is 5. The Kier molecular flexibility index (Phi) is 5.73. The number of hydrogen-bond donors (Lipinski definition) is 2. The molecule has 1 fully saturated rings. The van der Waals surface area contributed by atoms with Gasteiger partial charge >= 0.3 is 0 Å². The molecule has 1 aromatic carbocycles. The standard InChI is InChI=1S/C19H29N5O/c1-14-19(15(2)22-21-14)8-9-23(3)12-16-11-20-24(13-16)17-6-5-7-18(10-17)25-4/h5-7,10-11,13-15,19,21-22H,8-9,12H2,1-4H3. The van der Waals surface area contributed by atoms with Crippen molar-refractivity contribution >= 4 is 0 Å². The first kappa shape index (κ1) is 17.9. The molecule has 1 aliphatic heterocycles. The molecule has 2 unspecified atom stereocenters. The summed E-state index contributed by atoms with van der Waals surface area (Å²) in [5.74, 6) is 1.51. The summed E-state index contributed by atoms with van der Waals surface area (Å²) in [6, 6.07) is 9.00. The fraction of sp³-hybridized carbons (Fsp3) is 0.526. The summed E-state index contributed by atoms with van der Waals surface area (Å²) in [7, 11) is 3.85. The number of nitrogens with zero attached hydrogens (tertiary/aromatic N) is 3. The summed E-state index contributed by atoms with van der Waals surface area (Å²) in [5, 5.41) is 4.49. The Balaban J connectivity index is 1.55. The van der Waals surface area contributed by atoms with Gasteiger partial charge in [0, 0.05) is 36.5 Å². The Labute approximate surface area is 150 Å². The normalized spacial score (nSPS) is 23.3. The third kappa shape index (κ3) is 4.39. The highest BCUT2D eigenvalue weighted by Crippen LogP contribution is 2.19. The molecule has 1 saturated heterocycles. The molecule has 1 aliphatic rings. The maximum atomic E-state index is 5.29. The van der Waals surface area contributed by atoms with Crippen LogP contribution in [0, 0.1) is 5.92 Å². The molecule has 2 N–H and O–H groups in total. The molecule has 2 heterocycles. The maximum absolute atomic E-state index is 5.29. The summed E-state index contributed by atoms with van der Waals surface area (Å²) in [6.07, 6.45) is 5.22. The van der Waals surface area contributed by atoms with Crippen LogP contribution >= 0.6 is 0 Å². The first-order valence-electron chi connectivity index (χ1n) is 8.94. The van der Waals surface area contributed by atoms with E-state index >= 15 is 0 Å². The third-order valence-corrected chi connectivity index (χ3v) is 5.07. The summed E-state index contributed by atoms with van der Waals surface area (Å²) in [6.45, 7) is 6.48. The minimum absolute atomic E-state index is 0.527. The van der Waals surface area contributed by atoms with Gasteiger partial charge in [-0.3, -0.25) is 10.9 Å². The molecule has 0 aliphatic carbocycles. The maximum Gasteiger partial charge on any atom is 0.121 e. The average molecular weight is 343 g/mol. The molecule has 0 saturated carbocycles. The van der Waals surface area contributed by atoms with Gasteiger partial charge in [-0.05, 0) is 51.9 Å². The van der Waals surface area contributed by atoms with Crippen molar-refractivity contribution in [2.24, 2.45) is 5.92 Å². The molecule has 25 heavy (non-hydrogen) atoms. The second kappa shape index (κ2) is 7.99. The van der Waals surface area contributed by atoms with E-state index in [-0.39, 0.29) is 0 Å². The SMILES string of the molecule is COc1cccc(-n2cc(CN(C)CCC3C(C)NNC3C)cn2)c1. The number of hydrazine groups is 1. The lowest BCUT2D eigenvalue weighted by Crippen LogP contribution is -2.30. The minimum Gasteiger partial charge on any atom is -0.497 e. The molecule has 1 aromatic heterocycles. The van der Waals surface area contributed by atoms with E-state index in [1.807, 2.05) is 35.1 Å². The van der Waals surface area contributed by atoms with E-state index in [0.717, 1.165) is 24.5 Å². The van der Waals surface area contributed by atoms with Crippen LogP contribution in [0.1, 0.15) is 25.8 Å². The van der Waals surface area contributed by atoms with E-state index in [9.17, 15) is 0 Å². The molecule has 6 heteroatoms. The zero-order valence-electron chi connectivity index (χ0n) is 15.6. The van der Waals surface area contributed by atoms with Crippen LogP contribution in [0.4, 0.5) is 0 Å². The van der Waals surface area contributed by atoms with Gasteiger partial charge in [-0.25, -0.2) is 4.68 Å². The van der Waals surface area contributed by atoms with Crippen LogP contribution in [0.3, 0.4) is 0 Å². The van der Waals surface area contributed by atoms with Crippen LogP contribution in [0.15, 0.2) is 36.7 Å². The Bertz CT molecular complexity index is 676. The highest BCUT2D eigenvalue weighted by molar-refractivity contribution is 5.38. The molecular formula is C19H29N5O. The second-order valence-corrected chi connectivity index (χ2v) is 7.05. The molecular weight excluding hydrogens is 314 g/mol. The van der Waals surface area contributed by atoms with Gasteiger partial charge in [0.2, 0.25) is 0 Å². The molecule has 136 valence electrons. The lowest BCUT2D eigenvalue weighted by atomic mass is 9.93. The molecule has 6 nitrogen and oxygen atoms in total. The fourth-order valence-electron chi connectivity index (χ4n) is 3.51. The van der Waals surface area contributed by atoms with Crippen LogP contribution < -0.4 is 15.6 Å². The first-order valence-corrected chi connectivity index (χ1v) is 8.94. The molecule has 0 amide bonds. The Hall–Kier alpha value is -1.89. The predicted molar refractivity (Wildman–Crippen MR) is 99.8 cm³/mol. The van der Waals surface area contributed by atoms with Gasteiger partial charge in [0.05, 0.1) is 19.0 Å². The second-order valence-electron chi connectivity index (χ2n) is 7.05. The van der Waals surface area contributed by atoms with Crippen LogP contribution in [-0.4, -0.2) is 47.5 Å². The average Bonchev–Trinajstić information content (AvgIpc) is 3.20. The lowest BCUT2D eigenvalue weighted by molar-refractivity contribution is 0.279. The Morgan fingerprint density at radius 2 is 2.00 bits per heavy atom. The van der Waals surface area contributed by atoms with E-state index in [0.29, 0.717) is 18.0 Å². The van der Waals surface area contributed by atoms with Crippen molar-refractivity contribution in [3.05, 3.63) is 42.2 Å². The fourth-order valence-corrected chi connectivity index (χ4v) is 3.51. The Morgan fingerprint density at radius 3 is 2.72 bits per heavy atom. The van der Waals surface area contributed by atoms with Gasteiger partial charge in [-0.1, -0.05) is 6.07 Å². The summed E-state index contributed by atoms with van der Waals surface area (Å²) >= 11 is 0. The van der Waals surface area contributed by atoms with Gasteiger partial charge in [0.1, 0.15) is 5.75 Å². The van der Waals surface area contributed by atoms with Crippen molar-refractivity contribution in [2.45, 2.75) is 38.9 Å². The monoisotopic (exact) mass is 343 g/mol. The third-order valence-electron chi connectivity index (χ3n) is 5.07. The van der Waals surface area contributed by atoms with Crippen molar-refractivity contribution in [1.29, 1.82) is 0 Å². The van der Waals surface area contributed by atoms with Gasteiger partial charge in [-0.15, -0.1) is 0 Å². The molecule has 0 spiro atoms. The highest BCUT2D eigenvalue weighted by Gasteiger charge is 2.29. The van der Waals surface area contributed by atoms with Crippen LogP contribution in [0.2, 0.25) is 0 Å². The molecule has 3 rings (SSSR count). The lowest BCUT2D eigenvalue weighted by Gasteiger charge is -2.22. The predicted octanol–water partition coefficient (Wildman–Crippen LogP) is 2.20. The van der Waals surface area contributed by atoms with E-state index in [1.54, 1.807) is 7.11 Å². The minimum atomic E-state index is 0.527. The molecule has 0 radical (unpaired) electrons. The van der Waals surface area contributed by atoms with E-state index in [2.05, 4.69) is 47.9 Å². The van der Waals surface area contributed by atoms with Crippen molar-refractivity contribution in [3.8, 4) is 11.4 Å².